The van der Waals surface area contributed by atoms with E-state index in [0.717, 1.165) is 9.13 Å². The molecule has 2 aromatic carbocycles. The van der Waals surface area contributed by atoms with Crippen molar-refractivity contribution in [1.82, 2.24) is 5.32 Å². The first-order valence-corrected chi connectivity index (χ1v) is 7.72. The van der Waals surface area contributed by atoms with E-state index >= 15 is 0 Å². The quantitative estimate of drug-likeness (QED) is 0.784. The van der Waals surface area contributed by atoms with Crippen molar-refractivity contribution in [2.45, 2.75) is 18.2 Å². The Balaban J connectivity index is 1.77. The third-order valence-corrected chi connectivity index (χ3v) is 4.26. The second kappa shape index (κ2) is 5.98. The first kappa shape index (κ1) is 14.9. The van der Waals surface area contributed by atoms with Gasteiger partial charge < -0.3 is 4.74 Å². The van der Waals surface area contributed by atoms with Gasteiger partial charge in [-0.1, -0.05) is 42.5 Å². The van der Waals surface area contributed by atoms with E-state index in [1.807, 2.05) is 30.3 Å². The molecule has 1 fully saturated rings. The number of hydrogen-bond donors (Lipinski definition) is 1. The summed E-state index contributed by atoms with van der Waals surface area (Å²) in [6.07, 6.45) is -1.30. The van der Waals surface area contributed by atoms with Crippen LogP contribution >= 0.6 is 22.6 Å². The van der Waals surface area contributed by atoms with E-state index in [2.05, 4.69) is 27.9 Å². The number of halogens is 3. The maximum absolute atomic E-state index is 14.5. The molecule has 2 aromatic rings. The van der Waals surface area contributed by atoms with Crippen molar-refractivity contribution >= 4 is 22.6 Å². The van der Waals surface area contributed by atoms with E-state index in [9.17, 15) is 8.78 Å². The standard InChI is InChI=1S/C16H14F2INO/c17-16(18,12-6-8-13(19)9-7-12)15-20-14(10-21-15)11-4-2-1-3-5-11/h1-9,14-15,20H,10H2. The summed E-state index contributed by atoms with van der Waals surface area (Å²) < 4.78 is 35.2. The van der Waals surface area contributed by atoms with Crippen molar-refractivity contribution in [3.63, 3.8) is 0 Å². The summed E-state index contributed by atoms with van der Waals surface area (Å²) in [6.45, 7) is 0.245. The Kier molecular flexibility index (Phi) is 4.24. The zero-order valence-electron chi connectivity index (χ0n) is 11.1. The second-order valence-corrected chi connectivity index (χ2v) is 6.22. The van der Waals surface area contributed by atoms with Crippen LogP contribution in [0.25, 0.3) is 0 Å². The minimum absolute atomic E-state index is 0.0332. The van der Waals surface area contributed by atoms with E-state index in [-0.39, 0.29) is 18.2 Å². The lowest BCUT2D eigenvalue weighted by Crippen LogP contribution is -2.40. The van der Waals surface area contributed by atoms with Crippen LogP contribution in [0, 0.1) is 3.57 Å². The van der Waals surface area contributed by atoms with Crippen LogP contribution < -0.4 is 5.32 Å². The maximum atomic E-state index is 14.5. The van der Waals surface area contributed by atoms with E-state index in [4.69, 9.17) is 4.74 Å². The van der Waals surface area contributed by atoms with Crippen molar-refractivity contribution < 1.29 is 13.5 Å². The predicted molar refractivity (Wildman–Crippen MR) is 85.1 cm³/mol. The van der Waals surface area contributed by atoms with Gasteiger partial charge in [-0.2, -0.15) is 8.78 Å². The maximum Gasteiger partial charge on any atom is 0.311 e. The normalized spacial score (nSPS) is 22.4. The second-order valence-electron chi connectivity index (χ2n) is 4.97. The molecular weight excluding hydrogens is 387 g/mol. The summed E-state index contributed by atoms with van der Waals surface area (Å²) in [5.41, 5.74) is 0.924. The van der Waals surface area contributed by atoms with Crippen LogP contribution in [-0.4, -0.2) is 12.8 Å². The Morgan fingerprint density at radius 3 is 2.38 bits per heavy atom. The van der Waals surface area contributed by atoms with Gasteiger partial charge in [-0.25, -0.2) is 0 Å². The first-order chi connectivity index (χ1) is 10.1. The molecule has 2 unspecified atom stereocenters. The monoisotopic (exact) mass is 401 g/mol. The zero-order valence-corrected chi connectivity index (χ0v) is 13.3. The minimum Gasteiger partial charge on any atom is -0.355 e. The summed E-state index contributed by atoms with van der Waals surface area (Å²) in [5.74, 6) is -3.06. The number of nitrogens with one attached hydrogen (secondary N) is 1. The highest BCUT2D eigenvalue weighted by molar-refractivity contribution is 14.1. The molecule has 3 rings (SSSR count). The van der Waals surface area contributed by atoms with E-state index < -0.39 is 12.2 Å². The van der Waals surface area contributed by atoms with Gasteiger partial charge >= 0.3 is 5.92 Å². The largest absolute Gasteiger partial charge is 0.355 e. The summed E-state index contributed by atoms with van der Waals surface area (Å²) in [5, 5.41) is 2.89. The molecule has 0 aromatic heterocycles. The van der Waals surface area contributed by atoms with Gasteiger partial charge in [-0.3, -0.25) is 5.32 Å². The Bertz CT molecular complexity index is 603. The van der Waals surface area contributed by atoms with Gasteiger partial charge in [0, 0.05) is 9.13 Å². The van der Waals surface area contributed by atoms with Crippen molar-refractivity contribution in [2.75, 3.05) is 6.61 Å². The predicted octanol–water partition coefficient (Wildman–Crippen LogP) is 4.07. The van der Waals surface area contributed by atoms with Crippen LogP contribution in [0.5, 0.6) is 0 Å². The molecule has 0 amide bonds. The number of rotatable bonds is 3. The topological polar surface area (TPSA) is 21.3 Å². The van der Waals surface area contributed by atoms with Crippen molar-refractivity contribution in [2.24, 2.45) is 0 Å². The first-order valence-electron chi connectivity index (χ1n) is 6.64. The van der Waals surface area contributed by atoms with Crippen molar-refractivity contribution in [1.29, 1.82) is 0 Å². The Morgan fingerprint density at radius 2 is 1.71 bits per heavy atom. The van der Waals surface area contributed by atoms with Gasteiger partial charge in [0.1, 0.15) is 0 Å². The summed E-state index contributed by atoms with van der Waals surface area (Å²) in [6, 6.07) is 15.5. The molecule has 1 heterocycles. The molecule has 0 radical (unpaired) electrons. The molecule has 0 bridgehead atoms. The fraction of sp³-hybridized carbons (Fsp3) is 0.250. The smallest absolute Gasteiger partial charge is 0.311 e. The minimum atomic E-state index is -3.06. The molecule has 21 heavy (non-hydrogen) atoms. The fourth-order valence-electron chi connectivity index (χ4n) is 2.38. The highest BCUT2D eigenvalue weighted by Crippen LogP contribution is 2.36. The number of hydrogen-bond acceptors (Lipinski definition) is 2. The van der Waals surface area contributed by atoms with Crippen LogP contribution in [0.1, 0.15) is 17.2 Å². The SMILES string of the molecule is FC(F)(c1ccc(I)cc1)C1NC(c2ccccc2)CO1. The molecule has 0 saturated carbocycles. The molecule has 2 nitrogen and oxygen atoms in total. The third kappa shape index (κ3) is 3.09. The molecule has 2 atom stereocenters. The van der Waals surface area contributed by atoms with E-state index in [1.54, 1.807) is 12.1 Å². The average Bonchev–Trinajstić information content (AvgIpc) is 2.99. The molecular formula is C16H14F2INO. The number of ether oxygens (including phenoxy) is 1. The van der Waals surface area contributed by atoms with Crippen LogP contribution in [0.2, 0.25) is 0 Å². The van der Waals surface area contributed by atoms with Crippen molar-refractivity contribution in [3.8, 4) is 0 Å². The van der Waals surface area contributed by atoms with Gasteiger partial charge in [0.25, 0.3) is 0 Å². The molecule has 1 N–H and O–H groups in total. The molecule has 1 aliphatic heterocycles. The molecule has 0 aliphatic carbocycles. The third-order valence-electron chi connectivity index (χ3n) is 3.54. The lowest BCUT2D eigenvalue weighted by molar-refractivity contribution is -0.130. The molecule has 1 aliphatic rings. The number of benzene rings is 2. The van der Waals surface area contributed by atoms with Crippen LogP contribution in [-0.2, 0) is 10.7 Å². The van der Waals surface area contributed by atoms with Gasteiger partial charge in [0.2, 0.25) is 0 Å². The highest BCUT2D eigenvalue weighted by atomic mass is 127. The molecule has 0 spiro atoms. The van der Waals surface area contributed by atoms with Gasteiger partial charge in [0.15, 0.2) is 6.23 Å². The molecule has 1 saturated heterocycles. The number of alkyl halides is 2. The van der Waals surface area contributed by atoms with E-state index in [1.165, 1.54) is 12.1 Å². The fourth-order valence-corrected chi connectivity index (χ4v) is 2.74. The van der Waals surface area contributed by atoms with Crippen LogP contribution in [0.4, 0.5) is 8.78 Å². The highest BCUT2D eigenvalue weighted by Gasteiger charge is 2.46. The van der Waals surface area contributed by atoms with Crippen LogP contribution in [0.15, 0.2) is 54.6 Å². The van der Waals surface area contributed by atoms with E-state index in [0.29, 0.717) is 0 Å². The Labute approximate surface area is 135 Å². The lowest BCUT2D eigenvalue weighted by atomic mass is 10.1. The summed E-state index contributed by atoms with van der Waals surface area (Å²) in [4.78, 5) is 0. The zero-order chi connectivity index (χ0) is 14.9. The lowest BCUT2D eigenvalue weighted by Gasteiger charge is -2.23. The molecule has 110 valence electrons. The van der Waals surface area contributed by atoms with Crippen molar-refractivity contribution in [3.05, 3.63) is 69.3 Å². The average molecular weight is 401 g/mol. The summed E-state index contributed by atoms with van der Waals surface area (Å²) in [7, 11) is 0. The molecule has 5 heteroatoms. The van der Waals surface area contributed by atoms with Gasteiger partial charge in [-0.05, 0) is 40.3 Å². The van der Waals surface area contributed by atoms with Crippen LogP contribution in [0.3, 0.4) is 0 Å². The summed E-state index contributed by atoms with van der Waals surface area (Å²) >= 11 is 2.09. The Hall–Kier alpha value is -1.05. The Morgan fingerprint density at radius 1 is 1.05 bits per heavy atom. The van der Waals surface area contributed by atoms with Gasteiger partial charge in [-0.15, -0.1) is 0 Å². The van der Waals surface area contributed by atoms with Gasteiger partial charge in [0.05, 0.1) is 12.6 Å².